The lowest BCUT2D eigenvalue weighted by molar-refractivity contribution is 0.0729. The van der Waals surface area contributed by atoms with Gasteiger partial charge in [0, 0.05) is 29.9 Å². The molecule has 134 valence electrons. The average Bonchev–Trinajstić information content (AvgIpc) is 3.11. The number of aryl methyl sites for hydroxylation is 1. The standard InChI is InChI=1S/C18H22Cl2N4O/c1-11(2)10-24-17(20)16(12(3)22-24)15-5-4-8-23(15)18(25)14-9-13(19)6-7-21-14/h6-7,9,11,15H,4-5,8,10H2,1-3H3/t15-/m0/s1. The summed E-state index contributed by atoms with van der Waals surface area (Å²) in [5.74, 6) is 0.332. The highest BCUT2D eigenvalue weighted by molar-refractivity contribution is 6.31. The molecule has 0 spiro atoms. The van der Waals surface area contributed by atoms with Crippen LogP contribution >= 0.6 is 23.2 Å². The van der Waals surface area contributed by atoms with Crippen molar-refractivity contribution in [2.24, 2.45) is 5.92 Å². The molecule has 0 radical (unpaired) electrons. The Bertz CT molecular complexity index is 787. The summed E-state index contributed by atoms with van der Waals surface area (Å²) in [5, 5.41) is 5.73. The van der Waals surface area contributed by atoms with Gasteiger partial charge in [-0.1, -0.05) is 37.0 Å². The van der Waals surface area contributed by atoms with Gasteiger partial charge in [-0.05, 0) is 37.8 Å². The summed E-state index contributed by atoms with van der Waals surface area (Å²) in [7, 11) is 0. The van der Waals surface area contributed by atoms with Gasteiger partial charge in [-0.15, -0.1) is 0 Å². The lowest BCUT2D eigenvalue weighted by Gasteiger charge is -2.24. The van der Waals surface area contributed by atoms with Gasteiger partial charge in [-0.25, -0.2) is 0 Å². The third-order valence-corrected chi connectivity index (χ3v) is 5.07. The zero-order valence-electron chi connectivity index (χ0n) is 14.7. The summed E-state index contributed by atoms with van der Waals surface area (Å²) < 4.78 is 1.84. The molecule has 1 atom stereocenters. The number of hydrogen-bond donors (Lipinski definition) is 0. The number of halogens is 2. The number of carbonyl (C=O) groups is 1. The summed E-state index contributed by atoms with van der Waals surface area (Å²) in [6.45, 7) is 7.65. The molecule has 1 amide bonds. The van der Waals surface area contributed by atoms with Gasteiger partial charge in [-0.2, -0.15) is 5.10 Å². The quantitative estimate of drug-likeness (QED) is 0.782. The maximum Gasteiger partial charge on any atom is 0.273 e. The molecule has 0 bridgehead atoms. The SMILES string of the molecule is Cc1nn(CC(C)C)c(Cl)c1[C@@H]1CCCN1C(=O)c1cc(Cl)ccn1. The van der Waals surface area contributed by atoms with Gasteiger partial charge in [0.2, 0.25) is 0 Å². The van der Waals surface area contributed by atoms with Gasteiger partial charge in [0.15, 0.2) is 0 Å². The van der Waals surface area contributed by atoms with Gasteiger partial charge >= 0.3 is 0 Å². The number of pyridine rings is 1. The molecule has 5 nitrogen and oxygen atoms in total. The molecule has 2 aromatic heterocycles. The number of likely N-dealkylation sites (tertiary alicyclic amines) is 1. The fourth-order valence-corrected chi connectivity index (χ4v) is 3.92. The monoisotopic (exact) mass is 380 g/mol. The second kappa shape index (κ2) is 7.34. The Kier molecular flexibility index (Phi) is 5.35. The Balaban J connectivity index is 1.92. The first-order valence-corrected chi connectivity index (χ1v) is 9.29. The van der Waals surface area contributed by atoms with Gasteiger partial charge in [-0.3, -0.25) is 14.5 Å². The number of hydrogen-bond acceptors (Lipinski definition) is 3. The van der Waals surface area contributed by atoms with Crippen LogP contribution in [0.1, 0.15) is 54.5 Å². The Morgan fingerprint density at radius 3 is 2.84 bits per heavy atom. The maximum atomic E-state index is 12.9. The number of aromatic nitrogens is 3. The van der Waals surface area contributed by atoms with Gasteiger partial charge in [0.25, 0.3) is 5.91 Å². The minimum Gasteiger partial charge on any atom is -0.330 e. The Morgan fingerprint density at radius 1 is 1.40 bits per heavy atom. The van der Waals surface area contributed by atoms with Crippen molar-refractivity contribution >= 4 is 29.1 Å². The Hall–Kier alpha value is -1.59. The molecule has 1 saturated heterocycles. The Morgan fingerprint density at radius 2 is 2.16 bits per heavy atom. The number of amides is 1. The van der Waals surface area contributed by atoms with Crippen LogP contribution in [0.3, 0.4) is 0 Å². The third-order valence-electron chi connectivity index (χ3n) is 4.44. The molecule has 3 heterocycles. The van der Waals surface area contributed by atoms with Crippen LogP contribution in [0.25, 0.3) is 0 Å². The smallest absolute Gasteiger partial charge is 0.273 e. The van der Waals surface area contributed by atoms with Crippen LogP contribution in [0, 0.1) is 12.8 Å². The molecule has 0 N–H and O–H groups in total. The van der Waals surface area contributed by atoms with E-state index in [4.69, 9.17) is 23.2 Å². The third kappa shape index (κ3) is 3.67. The fourth-order valence-electron chi connectivity index (χ4n) is 3.39. The van der Waals surface area contributed by atoms with Gasteiger partial charge in [0.05, 0.1) is 11.7 Å². The van der Waals surface area contributed by atoms with Crippen LogP contribution < -0.4 is 0 Å². The van der Waals surface area contributed by atoms with E-state index in [1.54, 1.807) is 18.3 Å². The zero-order valence-corrected chi connectivity index (χ0v) is 16.2. The van der Waals surface area contributed by atoms with E-state index >= 15 is 0 Å². The van der Waals surface area contributed by atoms with Crippen LogP contribution in [0.4, 0.5) is 0 Å². The largest absolute Gasteiger partial charge is 0.330 e. The highest BCUT2D eigenvalue weighted by atomic mass is 35.5. The van der Waals surface area contributed by atoms with E-state index in [1.165, 1.54) is 0 Å². The first-order valence-electron chi connectivity index (χ1n) is 8.53. The van der Waals surface area contributed by atoms with Crippen molar-refractivity contribution in [1.29, 1.82) is 0 Å². The van der Waals surface area contributed by atoms with E-state index in [0.29, 0.717) is 28.3 Å². The van der Waals surface area contributed by atoms with E-state index in [0.717, 1.165) is 30.6 Å². The summed E-state index contributed by atoms with van der Waals surface area (Å²) >= 11 is 12.6. The van der Waals surface area contributed by atoms with Crippen molar-refractivity contribution in [3.05, 3.63) is 45.5 Å². The first-order chi connectivity index (χ1) is 11.9. The van der Waals surface area contributed by atoms with Gasteiger partial charge in [0.1, 0.15) is 10.8 Å². The van der Waals surface area contributed by atoms with Crippen molar-refractivity contribution in [3.8, 4) is 0 Å². The summed E-state index contributed by atoms with van der Waals surface area (Å²) in [6.07, 6.45) is 3.36. The predicted molar refractivity (Wildman–Crippen MR) is 99.1 cm³/mol. The molecule has 0 saturated carbocycles. The summed E-state index contributed by atoms with van der Waals surface area (Å²) in [6, 6.07) is 3.20. The molecule has 25 heavy (non-hydrogen) atoms. The average molecular weight is 381 g/mol. The van der Waals surface area contributed by atoms with E-state index < -0.39 is 0 Å². The van der Waals surface area contributed by atoms with E-state index in [9.17, 15) is 4.79 Å². The zero-order chi connectivity index (χ0) is 18.1. The van der Waals surface area contributed by atoms with Crippen LogP contribution in [-0.2, 0) is 6.54 Å². The second-order valence-electron chi connectivity index (χ2n) is 6.88. The molecule has 0 aromatic carbocycles. The summed E-state index contributed by atoms with van der Waals surface area (Å²) in [5.41, 5.74) is 2.20. The molecular weight excluding hydrogens is 359 g/mol. The maximum absolute atomic E-state index is 12.9. The van der Waals surface area contributed by atoms with Crippen molar-refractivity contribution in [2.75, 3.05) is 6.54 Å². The lowest BCUT2D eigenvalue weighted by Crippen LogP contribution is -2.31. The molecule has 3 rings (SSSR count). The topological polar surface area (TPSA) is 51.0 Å². The molecule has 7 heteroatoms. The van der Waals surface area contributed by atoms with E-state index in [2.05, 4.69) is 23.9 Å². The van der Waals surface area contributed by atoms with Crippen LogP contribution in [0.15, 0.2) is 18.3 Å². The number of nitrogens with zero attached hydrogens (tertiary/aromatic N) is 4. The van der Waals surface area contributed by atoms with Crippen molar-refractivity contribution in [3.63, 3.8) is 0 Å². The van der Waals surface area contributed by atoms with Crippen molar-refractivity contribution in [2.45, 2.75) is 46.2 Å². The summed E-state index contributed by atoms with van der Waals surface area (Å²) in [4.78, 5) is 18.9. The number of carbonyl (C=O) groups excluding carboxylic acids is 1. The molecule has 1 fully saturated rings. The van der Waals surface area contributed by atoms with Crippen LogP contribution in [0.5, 0.6) is 0 Å². The lowest BCUT2D eigenvalue weighted by atomic mass is 10.1. The molecule has 2 aromatic rings. The van der Waals surface area contributed by atoms with E-state index in [1.807, 2.05) is 16.5 Å². The van der Waals surface area contributed by atoms with Gasteiger partial charge < -0.3 is 4.90 Å². The normalized spacial score (nSPS) is 17.5. The van der Waals surface area contributed by atoms with Crippen molar-refractivity contribution < 1.29 is 4.79 Å². The minimum atomic E-state index is -0.114. The highest BCUT2D eigenvalue weighted by Crippen LogP contribution is 2.38. The van der Waals surface area contributed by atoms with Crippen LogP contribution in [0.2, 0.25) is 10.2 Å². The fraction of sp³-hybridized carbons (Fsp3) is 0.500. The first kappa shape index (κ1) is 18.2. The van der Waals surface area contributed by atoms with Crippen LogP contribution in [-0.4, -0.2) is 32.1 Å². The molecule has 1 aliphatic heterocycles. The Labute approximate surface area is 157 Å². The van der Waals surface area contributed by atoms with E-state index in [-0.39, 0.29) is 11.9 Å². The molecule has 0 unspecified atom stereocenters. The number of rotatable bonds is 4. The molecule has 0 aliphatic carbocycles. The molecule has 1 aliphatic rings. The predicted octanol–water partition coefficient (Wildman–Crippen LogP) is 4.53. The highest BCUT2D eigenvalue weighted by Gasteiger charge is 2.35. The minimum absolute atomic E-state index is 0.0679. The molecular formula is C18H22Cl2N4O. The second-order valence-corrected chi connectivity index (χ2v) is 7.68. The van der Waals surface area contributed by atoms with Crippen molar-refractivity contribution in [1.82, 2.24) is 19.7 Å².